The number of ether oxygens (including phenoxy) is 1. The van der Waals surface area contributed by atoms with Gasteiger partial charge in [-0.15, -0.1) is 0 Å². The van der Waals surface area contributed by atoms with Gasteiger partial charge in [0, 0.05) is 29.0 Å². The van der Waals surface area contributed by atoms with Crippen molar-refractivity contribution in [3.05, 3.63) is 89.3 Å². The molecule has 2 N–H and O–H groups in total. The quantitative estimate of drug-likeness (QED) is 0.442. The molecule has 2 heterocycles. The van der Waals surface area contributed by atoms with Crippen molar-refractivity contribution in [1.29, 1.82) is 0 Å². The minimum absolute atomic E-state index is 0.139. The van der Waals surface area contributed by atoms with Crippen LogP contribution in [0.15, 0.2) is 73.1 Å². The van der Waals surface area contributed by atoms with Crippen LogP contribution in [0.2, 0.25) is 5.02 Å². The largest absolute Gasteiger partial charge is 0.497 e. The Kier molecular flexibility index (Phi) is 6.37. The minimum Gasteiger partial charge on any atom is -0.497 e. The SMILES string of the molecule is COc1ccc2c(ccn2CC(=O)Nc2ccc(C(=O)NCc3ccccn3)c(Cl)c2)c1. The number of carbonyl (C=O) groups is 2. The third-order valence-corrected chi connectivity index (χ3v) is 5.26. The molecule has 4 aromatic rings. The number of benzene rings is 2. The normalized spacial score (nSPS) is 10.7. The Hall–Kier alpha value is -3.84. The molecule has 2 aromatic heterocycles. The van der Waals surface area contributed by atoms with Crippen molar-refractivity contribution in [2.75, 3.05) is 12.4 Å². The zero-order valence-electron chi connectivity index (χ0n) is 17.3. The molecule has 0 aliphatic carbocycles. The summed E-state index contributed by atoms with van der Waals surface area (Å²) in [6, 6.07) is 17.9. The van der Waals surface area contributed by atoms with Gasteiger partial charge in [-0.1, -0.05) is 17.7 Å². The van der Waals surface area contributed by atoms with E-state index in [0.717, 1.165) is 22.3 Å². The number of rotatable bonds is 7. The first-order chi connectivity index (χ1) is 15.5. The molecule has 162 valence electrons. The van der Waals surface area contributed by atoms with Crippen LogP contribution in [-0.4, -0.2) is 28.5 Å². The van der Waals surface area contributed by atoms with Crippen molar-refractivity contribution < 1.29 is 14.3 Å². The summed E-state index contributed by atoms with van der Waals surface area (Å²) >= 11 is 6.29. The van der Waals surface area contributed by atoms with Crippen LogP contribution in [0.1, 0.15) is 16.1 Å². The Balaban J connectivity index is 1.39. The van der Waals surface area contributed by atoms with Gasteiger partial charge in [-0.25, -0.2) is 0 Å². The predicted octanol–water partition coefficient (Wildman–Crippen LogP) is 4.27. The molecule has 0 saturated carbocycles. The number of fused-ring (bicyclic) bond motifs is 1. The molecule has 2 aromatic carbocycles. The summed E-state index contributed by atoms with van der Waals surface area (Å²) in [5.41, 5.74) is 2.51. The predicted molar refractivity (Wildman–Crippen MR) is 124 cm³/mol. The second-order valence-corrected chi connectivity index (χ2v) is 7.52. The van der Waals surface area contributed by atoms with Crippen LogP contribution >= 0.6 is 11.6 Å². The van der Waals surface area contributed by atoms with Gasteiger partial charge in [-0.3, -0.25) is 14.6 Å². The Morgan fingerprint density at radius 2 is 1.97 bits per heavy atom. The molecule has 0 aliphatic heterocycles. The number of hydrogen-bond acceptors (Lipinski definition) is 4. The summed E-state index contributed by atoms with van der Waals surface area (Å²) in [6.45, 7) is 0.435. The van der Waals surface area contributed by atoms with Gasteiger partial charge < -0.3 is 19.9 Å². The lowest BCUT2D eigenvalue weighted by Gasteiger charge is -2.10. The molecule has 7 nitrogen and oxygen atoms in total. The van der Waals surface area contributed by atoms with Gasteiger partial charge in [0.1, 0.15) is 12.3 Å². The van der Waals surface area contributed by atoms with Crippen molar-refractivity contribution in [1.82, 2.24) is 14.9 Å². The van der Waals surface area contributed by atoms with E-state index in [1.807, 2.05) is 53.2 Å². The fourth-order valence-electron chi connectivity index (χ4n) is 3.34. The van der Waals surface area contributed by atoms with Crippen LogP contribution < -0.4 is 15.4 Å². The molecule has 32 heavy (non-hydrogen) atoms. The molecule has 2 amide bonds. The van der Waals surface area contributed by atoms with E-state index in [0.29, 0.717) is 17.8 Å². The second-order valence-electron chi connectivity index (χ2n) is 7.11. The Morgan fingerprint density at radius 1 is 1.09 bits per heavy atom. The van der Waals surface area contributed by atoms with Gasteiger partial charge in [-0.05, 0) is 54.6 Å². The number of hydrogen-bond donors (Lipinski definition) is 2. The summed E-state index contributed by atoms with van der Waals surface area (Å²) in [7, 11) is 1.62. The van der Waals surface area contributed by atoms with Crippen molar-refractivity contribution in [2.24, 2.45) is 0 Å². The van der Waals surface area contributed by atoms with Gasteiger partial charge in [0.25, 0.3) is 5.91 Å². The second kappa shape index (κ2) is 9.53. The zero-order valence-corrected chi connectivity index (χ0v) is 18.1. The third-order valence-electron chi connectivity index (χ3n) is 4.95. The monoisotopic (exact) mass is 448 g/mol. The summed E-state index contributed by atoms with van der Waals surface area (Å²) in [6.07, 6.45) is 3.52. The van der Waals surface area contributed by atoms with Crippen molar-refractivity contribution in [3.63, 3.8) is 0 Å². The van der Waals surface area contributed by atoms with E-state index in [1.54, 1.807) is 31.5 Å². The fourth-order valence-corrected chi connectivity index (χ4v) is 3.61. The van der Waals surface area contributed by atoms with Crippen molar-refractivity contribution in [2.45, 2.75) is 13.1 Å². The number of amides is 2. The summed E-state index contributed by atoms with van der Waals surface area (Å²) in [5, 5.41) is 6.84. The molecule has 0 saturated heterocycles. The van der Waals surface area contributed by atoms with Crippen LogP contribution in [-0.2, 0) is 17.9 Å². The average molecular weight is 449 g/mol. The van der Waals surface area contributed by atoms with E-state index >= 15 is 0 Å². The fraction of sp³-hybridized carbons (Fsp3) is 0.125. The number of nitrogens with one attached hydrogen (secondary N) is 2. The highest BCUT2D eigenvalue weighted by Gasteiger charge is 2.13. The highest BCUT2D eigenvalue weighted by atomic mass is 35.5. The van der Waals surface area contributed by atoms with Crippen molar-refractivity contribution in [3.8, 4) is 5.75 Å². The average Bonchev–Trinajstić information content (AvgIpc) is 3.19. The summed E-state index contributed by atoms with van der Waals surface area (Å²) < 4.78 is 7.09. The maximum absolute atomic E-state index is 12.6. The van der Waals surface area contributed by atoms with E-state index in [2.05, 4.69) is 15.6 Å². The van der Waals surface area contributed by atoms with Gasteiger partial charge >= 0.3 is 0 Å². The first-order valence-corrected chi connectivity index (χ1v) is 10.3. The zero-order chi connectivity index (χ0) is 22.5. The van der Waals surface area contributed by atoms with Crippen LogP contribution in [0.3, 0.4) is 0 Å². The maximum atomic E-state index is 12.6. The first-order valence-electron chi connectivity index (χ1n) is 9.94. The lowest BCUT2D eigenvalue weighted by Crippen LogP contribution is -2.23. The van der Waals surface area contributed by atoms with E-state index in [-0.39, 0.29) is 23.4 Å². The molecular weight excluding hydrogens is 428 g/mol. The lowest BCUT2D eigenvalue weighted by molar-refractivity contribution is -0.116. The molecule has 4 rings (SSSR count). The molecule has 0 aliphatic rings. The highest BCUT2D eigenvalue weighted by Crippen LogP contribution is 2.23. The number of halogens is 1. The van der Waals surface area contributed by atoms with E-state index in [4.69, 9.17) is 16.3 Å². The minimum atomic E-state index is -0.312. The summed E-state index contributed by atoms with van der Waals surface area (Å²) in [5.74, 6) is 0.244. The third kappa shape index (κ3) is 4.90. The number of nitrogens with zero attached hydrogens (tertiary/aromatic N) is 2. The number of pyridine rings is 1. The molecule has 0 radical (unpaired) electrons. The van der Waals surface area contributed by atoms with Gasteiger partial charge in [0.05, 0.1) is 29.9 Å². The van der Waals surface area contributed by atoms with Crippen LogP contribution in [0.4, 0.5) is 5.69 Å². The molecule has 0 fully saturated rings. The molecule has 0 spiro atoms. The standard InChI is InChI=1S/C24H21ClN4O3/c1-32-19-6-8-22-16(12-19)9-11-29(22)15-23(30)28-17-5-7-20(21(25)13-17)24(31)27-14-18-4-2-3-10-26-18/h2-13H,14-15H2,1H3,(H,27,31)(H,28,30). The van der Waals surface area contributed by atoms with Crippen molar-refractivity contribution >= 4 is 40.0 Å². The van der Waals surface area contributed by atoms with E-state index < -0.39 is 0 Å². The van der Waals surface area contributed by atoms with E-state index in [9.17, 15) is 9.59 Å². The Labute approximate surface area is 190 Å². The molecule has 8 heteroatoms. The maximum Gasteiger partial charge on any atom is 0.253 e. The van der Waals surface area contributed by atoms with Gasteiger partial charge in [0.15, 0.2) is 0 Å². The van der Waals surface area contributed by atoms with Crippen LogP contribution in [0.5, 0.6) is 5.75 Å². The summed E-state index contributed by atoms with van der Waals surface area (Å²) in [4.78, 5) is 29.1. The smallest absolute Gasteiger partial charge is 0.253 e. The van der Waals surface area contributed by atoms with Crippen LogP contribution in [0.25, 0.3) is 10.9 Å². The molecule has 0 atom stereocenters. The number of aromatic nitrogens is 2. The van der Waals surface area contributed by atoms with Gasteiger partial charge in [-0.2, -0.15) is 0 Å². The first kappa shape index (κ1) is 21.4. The number of methoxy groups -OCH3 is 1. The number of anilines is 1. The number of carbonyl (C=O) groups excluding carboxylic acids is 2. The lowest BCUT2D eigenvalue weighted by atomic mass is 10.2. The topological polar surface area (TPSA) is 85.2 Å². The molecular formula is C24H21ClN4O3. The van der Waals surface area contributed by atoms with E-state index in [1.165, 1.54) is 0 Å². The Bertz CT molecular complexity index is 1270. The molecule has 0 bridgehead atoms. The molecule has 0 unspecified atom stereocenters. The Morgan fingerprint density at radius 3 is 2.72 bits per heavy atom. The highest BCUT2D eigenvalue weighted by molar-refractivity contribution is 6.34. The van der Waals surface area contributed by atoms with Gasteiger partial charge in [0.2, 0.25) is 5.91 Å². The van der Waals surface area contributed by atoms with Crippen LogP contribution in [0, 0.1) is 0 Å².